The van der Waals surface area contributed by atoms with Crippen LogP contribution in [0.5, 0.6) is 0 Å². The van der Waals surface area contributed by atoms with Crippen LogP contribution >= 0.6 is 0 Å². The molecular formula is C18H25N3O2. The van der Waals surface area contributed by atoms with Gasteiger partial charge in [0.15, 0.2) is 0 Å². The summed E-state index contributed by atoms with van der Waals surface area (Å²) in [7, 11) is 0. The average molecular weight is 315 g/mol. The Labute approximate surface area is 137 Å². The van der Waals surface area contributed by atoms with Gasteiger partial charge in [-0.2, -0.15) is 0 Å². The predicted molar refractivity (Wildman–Crippen MR) is 93.6 cm³/mol. The summed E-state index contributed by atoms with van der Waals surface area (Å²) in [5.74, 6) is 0. The fourth-order valence-corrected chi connectivity index (χ4v) is 2.36. The summed E-state index contributed by atoms with van der Waals surface area (Å²) in [6.45, 7) is 6.68. The SMILES string of the molecule is Cc1ccc2cccc(NC(=O)NCCCC(C)(C)CO)c2n1. The van der Waals surface area contributed by atoms with E-state index in [1.54, 1.807) is 0 Å². The lowest BCUT2D eigenvalue weighted by atomic mass is 9.89. The molecule has 1 heterocycles. The van der Waals surface area contributed by atoms with E-state index in [1.807, 2.05) is 51.1 Å². The van der Waals surface area contributed by atoms with Crippen molar-refractivity contribution < 1.29 is 9.90 Å². The van der Waals surface area contributed by atoms with Gasteiger partial charge in [0.2, 0.25) is 0 Å². The third-order valence-corrected chi connectivity index (χ3v) is 3.85. The van der Waals surface area contributed by atoms with Gasteiger partial charge in [-0.05, 0) is 37.3 Å². The smallest absolute Gasteiger partial charge is 0.319 e. The predicted octanol–water partition coefficient (Wildman–Crippen LogP) is 3.46. The second-order valence-corrected chi connectivity index (χ2v) is 6.64. The van der Waals surface area contributed by atoms with Crippen molar-refractivity contribution in [1.29, 1.82) is 0 Å². The zero-order valence-electron chi connectivity index (χ0n) is 14.0. The molecule has 5 nitrogen and oxygen atoms in total. The zero-order chi connectivity index (χ0) is 16.9. The summed E-state index contributed by atoms with van der Waals surface area (Å²) in [6.07, 6.45) is 1.69. The number of anilines is 1. The lowest BCUT2D eigenvalue weighted by Crippen LogP contribution is -2.30. The number of rotatable bonds is 6. The zero-order valence-corrected chi connectivity index (χ0v) is 14.0. The number of amides is 2. The van der Waals surface area contributed by atoms with Crippen molar-refractivity contribution in [2.45, 2.75) is 33.6 Å². The molecule has 0 fully saturated rings. The van der Waals surface area contributed by atoms with Crippen molar-refractivity contribution in [2.24, 2.45) is 5.41 Å². The molecule has 2 aromatic rings. The molecule has 5 heteroatoms. The molecule has 3 N–H and O–H groups in total. The molecule has 0 saturated heterocycles. The summed E-state index contributed by atoms with van der Waals surface area (Å²) in [5, 5.41) is 15.9. The Morgan fingerprint density at radius 1 is 1.26 bits per heavy atom. The molecule has 0 aliphatic heterocycles. The third kappa shape index (κ3) is 4.93. The molecule has 0 bridgehead atoms. The van der Waals surface area contributed by atoms with Crippen LogP contribution in [0.1, 0.15) is 32.4 Å². The Hall–Kier alpha value is -2.14. The van der Waals surface area contributed by atoms with Crippen molar-refractivity contribution in [2.75, 3.05) is 18.5 Å². The normalized spacial score (nSPS) is 11.5. The van der Waals surface area contributed by atoms with Crippen molar-refractivity contribution in [3.05, 3.63) is 36.0 Å². The van der Waals surface area contributed by atoms with Crippen molar-refractivity contribution in [3.63, 3.8) is 0 Å². The van der Waals surface area contributed by atoms with Crippen LogP contribution in [0.4, 0.5) is 10.5 Å². The number of nitrogens with zero attached hydrogens (tertiary/aromatic N) is 1. The molecule has 2 amide bonds. The van der Waals surface area contributed by atoms with Crippen LogP contribution in [0.3, 0.4) is 0 Å². The van der Waals surface area contributed by atoms with E-state index in [1.165, 1.54) is 0 Å². The molecule has 124 valence electrons. The molecule has 1 aromatic carbocycles. The highest BCUT2D eigenvalue weighted by Crippen LogP contribution is 2.22. The molecule has 0 unspecified atom stereocenters. The van der Waals surface area contributed by atoms with Crippen LogP contribution in [0.25, 0.3) is 10.9 Å². The lowest BCUT2D eigenvalue weighted by Gasteiger charge is -2.21. The Bertz CT molecular complexity index is 683. The average Bonchev–Trinajstić information content (AvgIpc) is 2.52. The number of fused-ring (bicyclic) bond motifs is 1. The monoisotopic (exact) mass is 315 g/mol. The molecule has 23 heavy (non-hydrogen) atoms. The lowest BCUT2D eigenvalue weighted by molar-refractivity contribution is 0.148. The summed E-state index contributed by atoms with van der Waals surface area (Å²) in [5.41, 5.74) is 2.32. The maximum absolute atomic E-state index is 12.0. The highest BCUT2D eigenvalue weighted by Gasteiger charge is 2.15. The number of benzene rings is 1. The van der Waals surface area contributed by atoms with E-state index >= 15 is 0 Å². The molecule has 0 atom stereocenters. The minimum Gasteiger partial charge on any atom is -0.396 e. The number of para-hydroxylation sites is 1. The Kier molecular flexibility index (Phi) is 5.55. The van der Waals surface area contributed by atoms with Crippen LogP contribution < -0.4 is 10.6 Å². The summed E-state index contributed by atoms with van der Waals surface area (Å²) < 4.78 is 0. The van der Waals surface area contributed by atoms with Crippen molar-refractivity contribution >= 4 is 22.6 Å². The number of aromatic nitrogens is 1. The van der Waals surface area contributed by atoms with Gasteiger partial charge in [-0.25, -0.2) is 4.79 Å². The van der Waals surface area contributed by atoms with E-state index in [0.29, 0.717) is 12.2 Å². The number of pyridine rings is 1. The molecule has 0 spiro atoms. The van der Waals surface area contributed by atoms with Crippen LogP contribution in [0, 0.1) is 12.3 Å². The molecule has 0 aliphatic carbocycles. The quantitative estimate of drug-likeness (QED) is 0.715. The van der Waals surface area contributed by atoms with E-state index in [0.717, 1.165) is 29.4 Å². The number of aliphatic hydroxyl groups is 1. The molecule has 0 radical (unpaired) electrons. The topological polar surface area (TPSA) is 74.2 Å². The minimum atomic E-state index is -0.234. The van der Waals surface area contributed by atoms with E-state index in [2.05, 4.69) is 15.6 Å². The first-order chi connectivity index (χ1) is 10.9. The van der Waals surface area contributed by atoms with E-state index < -0.39 is 0 Å². The van der Waals surface area contributed by atoms with Crippen LogP contribution in [-0.2, 0) is 0 Å². The fraction of sp³-hybridized carbons (Fsp3) is 0.444. The van der Waals surface area contributed by atoms with Gasteiger partial charge < -0.3 is 15.7 Å². The Morgan fingerprint density at radius 2 is 2.04 bits per heavy atom. The first-order valence-corrected chi connectivity index (χ1v) is 7.93. The molecule has 2 rings (SSSR count). The third-order valence-electron chi connectivity index (χ3n) is 3.85. The van der Waals surface area contributed by atoms with Gasteiger partial charge >= 0.3 is 6.03 Å². The summed E-state index contributed by atoms with van der Waals surface area (Å²) in [4.78, 5) is 16.5. The minimum absolute atomic E-state index is 0.102. The number of hydrogen-bond acceptors (Lipinski definition) is 3. The number of carbonyl (C=O) groups is 1. The van der Waals surface area contributed by atoms with Crippen LogP contribution in [-0.4, -0.2) is 29.3 Å². The number of nitrogens with one attached hydrogen (secondary N) is 2. The van der Waals surface area contributed by atoms with Gasteiger partial charge in [0.25, 0.3) is 0 Å². The Morgan fingerprint density at radius 3 is 2.78 bits per heavy atom. The van der Waals surface area contributed by atoms with E-state index in [-0.39, 0.29) is 18.1 Å². The highest BCUT2D eigenvalue weighted by atomic mass is 16.3. The van der Waals surface area contributed by atoms with Crippen LogP contribution in [0.2, 0.25) is 0 Å². The van der Waals surface area contributed by atoms with Gasteiger partial charge in [0.1, 0.15) is 0 Å². The molecular weight excluding hydrogens is 290 g/mol. The van der Waals surface area contributed by atoms with Crippen LogP contribution in [0.15, 0.2) is 30.3 Å². The largest absolute Gasteiger partial charge is 0.396 e. The van der Waals surface area contributed by atoms with Gasteiger partial charge in [-0.15, -0.1) is 0 Å². The standard InChI is InChI=1S/C18H25N3O2/c1-13-8-9-14-6-4-7-15(16(14)20-13)21-17(23)19-11-5-10-18(2,3)12-22/h4,6-9,22H,5,10-12H2,1-3H3,(H2,19,21,23). The number of aliphatic hydroxyl groups excluding tert-OH is 1. The van der Waals surface area contributed by atoms with E-state index in [4.69, 9.17) is 0 Å². The highest BCUT2D eigenvalue weighted by molar-refractivity contribution is 5.99. The van der Waals surface area contributed by atoms with Gasteiger partial charge in [0.05, 0.1) is 11.2 Å². The number of urea groups is 1. The van der Waals surface area contributed by atoms with Gasteiger partial charge in [-0.3, -0.25) is 4.98 Å². The summed E-state index contributed by atoms with van der Waals surface area (Å²) in [6, 6.07) is 9.44. The second-order valence-electron chi connectivity index (χ2n) is 6.64. The maximum atomic E-state index is 12.0. The molecule has 0 saturated carbocycles. The van der Waals surface area contributed by atoms with Crippen molar-refractivity contribution in [1.82, 2.24) is 10.3 Å². The number of aryl methyl sites for hydroxylation is 1. The molecule has 1 aromatic heterocycles. The number of hydrogen-bond donors (Lipinski definition) is 3. The fourth-order valence-electron chi connectivity index (χ4n) is 2.36. The first kappa shape index (κ1) is 17.2. The number of carbonyl (C=O) groups excluding carboxylic acids is 1. The summed E-state index contributed by atoms with van der Waals surface area (Å²) >= 11 is 0. The van der Waals surface area contributed by atoms with E-state index in [9.17, 15) is 9.90 Å². The maximum Gasteiger partial charge on any atom is 0.319 e. The second kappa shape index (κ2) is 7.42. The van der Waals surface area contributed by atoms with Gasteiger partial charge in [0, 0.05) is 24.2 Å². The van der Waals surface area contributed by atoms with Gasteiger partial charge in [-0.1, -0.05) is 32.0 Å². The molecule has 0 aliphatic rings. The van der Waals surface area contributed by atoms with Crippen molar-refractivity contribution in [3.8, 4) is 0 Å². The first-order valence-electron chi connectivity index (χ1n) is 7.93. The Balaban J connectivity index is 1.92.